The van der Waals surface area contributed by atoms with Gasteiger partial charge in [-0.15, -0.1) is 0 Å². The summed E-state index contributed by atoms with van der Waals surface area (Å²) in [6, 6.07) is 17.7. The Morgan fingerprint density at radius 2 is 1.68 bits per heavy atom. The van der Waals surface area contributed by atoms with Gasteiger partial charge in [-0.05, 0) is 57.7 Å². The summed E-state index contributed by atoms with van der Waals surface area (Å²) in [5.41, 5.74) is 1.48. The number of nitrogens with zero attached hydrogens (tertiary/aromatic N) is 1. The molecule has 0 fully saturated rings. The van der Waals surface area contributed by atoms with Crippen LogP contribution < -0.4 is 16.0 Å². The Balaban J connectivity index is 1.59. The lowest BCUT2D eigenvalue weighted by Gasteiger charge is -2.20. The second-order valence-electron chi connectivity index (χ2n) is 9.55. The molecule has 9 nitrogen and oxygen atoms in total. The predicted octanol–water partition coefficient (Wildman–Crippen LogP) is 5.16. The number of benzene rings is 2. The number of hydrogen-bond donors (Lipinski definition) is 3. The molecule has 0 bridgehead atoms. The first-order valence-corrected chi connectivity index (χ1v) is 12.3. The molecule has 3 amide bonds. The van der Waals surface area contributed by atoms with Crippen LogP contribution in [0.25, 0.3) is 10.9 Å². The Labute approximate surface area is 216 Å². The molecule has 0 radical (unpaired) electrons. The molecule has 0 saturated heterocycles. The number of rotatable bonds is 10. The van der Waals surface area contributed by atoms with Crippen LogP contribution in [-0.4, -0.2) is 41.3 Å². The van der Waals surface area contributed by atoms with Crippen LogP contribution in [0.15, 0.2) is 66.9 Å². The first kappa shape index (κ1) is 27.4. The smallest absolute Gasteiger partial charge is 0.408 e. The van der Waals surface area contributed by atoms with Gasteiger partial charge in [0.2, 0.25) is 5.91 Å². The number of pyridine rings is 1. The molecule has 0 aliphatic carbocycles. The number of ether oxygens (including phenoxy) is 2. The number of amides is 3. The Kier molecular flexibility index (Phi) is 9.83. The molecule has 9 heteroatoms. The monoisotopic (exact) mass is 506 g/mol. The van der Waals surface area contributed by atoms with E-state index in [1.54, 1.807) is 33.0 Å². The number of hydrogen-bond acceptors (Lipinski definition) is 6. The molecule has 2 aromatic carbocycles. The summed E-state index contributed by atoms with van der Waals surface area (Å²) < 4.78 is 10.5. The van der Waals surface area contributed by atoms with Crippen LogP contribution in [-0.2, 0) is 20.9 Å². The fraction of sp³-hybridized carbons (Fsp3) is 0.357. The summed E-state index contributed by atoms with van der Waals surface area (Å²) in [4.78, 5) is 41.9. The van der Waals surface area contributed by atoms with E-state index in [4.69, 9.17) is 9.47 Å². The first-order chi connectivity index (χ1) is 17.7. The Hall–Kier alpha value is -4.14. The lowest BCUT2D eigenvalue weighted by atomic mass is 10.1. The van der Waals surface area contributed by atoms with E-state index >= 15 is 0 Å². The van der Waals surface area contributed by atoms with Crippen LogP contribution in [0, 0.1) is 0 Å². The average Bonchev–Trinajstić information content (AvgIpc) is 2.86. The fourth-order valence-corrected chi connectivity index (χ4v) is 3.58. The van der Waals surface area contributed by atoms with Crippen molar-refractivity contribution in [3.05, 3.63) is 72.4 Å². The van der Waals surface area contributed by atoms with Gasteiger partial charge in [0.25, 0.3) is 0 Å². The van der Waals surface area contributed by atoms with E-state index in [-0.39, 0.29) is 12.5 Å². The minimum Gasteiger partial charge on any atom is -0.445 e. The minimum absolute atomic E-state index is 0.0913. The summed E-state index contributed by atoms with van der Waals surface area (Å²) in [7, 11) is 0. The molecule has 196 valence electrons. The quantitative estimate of drug-likeness (QED) is 0.327. The number of fused-ring (bicyclic) bond motifs is 1. The number of nitrogens with one attached hydrogen (secondary N) is 3. The predicted molar refractivity (Wildman–Crippen MR) is 142 cm³/mol. The van der Waals surface area contributed by atoms with Crippen molar-refractivity contribution in [3.63, 3.8) is 0 Å². The Morgan fingerprint density at radius 1 is 0.919 bits per heavy atom. The van der Waals surface area contributed by atoms with Crippen LogP contribution in [0.3, 0.4) is 0 Å². The van der Waals surface area contributed by atoms with Crippen LogP contribution in [0.5, 0.6) is 0 Å². The van der Waals surface area contributed by atoms with Crippen molar-refractivity contribution >= 4 is 34.7 Å². The largest absolute Gasteiger partial charge is 0.445 e. The average molecular weight is 507 g/mol. The third-order valence-corrected chi connectivity index (χ3v) is 5.30. The van der Waals surface area contributed by atoms with E-state index in [9.17, 15) is 14.4 Å². The van der Waals surface area contributed by atoms with Crippen molar-refractivity contribution < 1.29 is 23.9 Å². The van der Waals surface area contributed by atoms with Crippen LogP contribution >= 0.6 is 0 Å². The van der Waals surface area contributed by atoms with Gasteiger partial charge in [-0.1, -0.05) is 48.5 Å². The lowest BCUT2D eigenvalue weighted by Crippen LogP contribution is -2.44. The summed E-state index contributed by atoms with van der Waals surface area (Å²) in [6.07, 6.45) is 1.99. The summed E-state index contributed by atoms with van der Waals surface area (Å²) in [6.45, 7) is 5.86. The van der Waals surface area contributed by atoms with Gasteiger partial charge in [0, 0.05) is 18.1 Å². The zero-order valence-corrected chi connectivity index (χ0v) is 21.5. The molecular weight excluding hydrogens is 472 g/mol. The van der Waals surface area contributed by atoms with Gasteiger partial charge in [0.15, 0.2) is 0 Å². The van der Waals surface area contributed by atoms with Gasteiger partial charge in [-0.25, -0.2) is 9.59 Å². The van der Waals surface area contributed by atoms with E-state index in [1.807, 2.05) is 54.6 Å². The van der Waals surface area contributed by atoms with E-state index in [2.05, 4.69) is 20.9 Å². The van der Waals surface area contributed by atoms with Gasteiger partial charge in [-0.3, -0.25) is 9.78 Å². The Bertz CT molecular complexity index is 1190. The van der Waals surface area contributed by atoms with Crippen LogP contribution in [0.2, 0.25) is 0 Å². The maximum absolute atomic E-state index is 13.2. The zero-order valence-electron chi connectivity index (χ0n) is 21.5. The molecule has 1 unspecified atom stereocenters. The number of para-hydroxylation sites is 1. The highest BCUT2D eigenvalue weighted by atomic mass is 16.6. The molecule has 0 spiro atoms. The maximum Gasteiger partial charge on any atom is 0.408 e. The molecule has 0 aliphatic heterocycles. The van der Waals surface area contributed by atoms with Gasteiger partial charge in [-0.2, -0.15) is 0 Å². The zero-order chi connectivity index (χ0) is 26.7. The van der Waals surface area contributed by atoms with E-state index in [0.717, 1.165) is 10.9 Å². The maximum atomic E-state index is 13.2. The van der Waals surface area contributed by atoms with Crippen molar-refractivity contribution in [1.82, 2.24) is 15.6 Å². The number of unbranched alkanes of at least 4 members (excludes halogenated alkanes) is 1. The standard InChI is InChI=1S/C28H34N4O5/c1-28(2,3)37-26(34)30-17-8-7-15-23(32-27(35)36-19-20-11-5-4-6-12-20)25(33)31-22-16-9-13-21-14-10-18-29-24(21)22/h4-6,9-14,16,18,23H,7-8,15,17,19H2,1-3H3,(H,30,34)(H,31,33)(H,32,35). The number of carbonyl (C=O) groups excluding carboxylic acids is 3. The third kappa shape index (κ3) is 9.44. The van der Waals surface area contributed by atoms with Crippen molar-refractivity contribution in [2.24, 2.45) is 0 Å². The highest BCUT2D eigenvalue weighted by Crippen LogP contribution is 2.21. The van der Waals surface area contributed by atoms with E-state index in [1.165, 1.54) is 0 Å². The molecule has 1 atom stereocenters. The number of carbonyl (C=O) groups is 3. The molecular formula is C28H34N4O5. The Morgan fingerprint density at radius 3 is 2.43 bits per heavy atom. The molecule has 3 aromatic rings. The summed E-state index contributed by atoms with van der Waals surface area (Å²) in [5, 5.41) is 9.16. The molecule has 1 aromatic heterocycles. The molecule has 3 rings (SSSR count). The molecule has 3 N–H and O–H groups in total. The second-order valence-corrected chi connectivity index (χ2v) is 9.55. The topological polar surface area (TPSA) is 119 Å². The normalized spacial score (nSPS) is 11.9. The first-order valence-electron chi connectivity index (χ1n) is 12.3. The van der Waals surface area contributed by atoms with Crippen LogP contribution in [0.1, 0.15) is 45.6 Å². The second kappa shape index (κ2) is 13.2. The molecule has 0 saturated carbocycles. The van der Waals surface area contributed by atoms with Crippen molar-refractivity contribution in [2.75, 3.05) is 11.9 Å². The van der Waals surface area contributed by atoms with Crippen LogP contribution in [0.4, 0.5) is 15.3 Å². The lowest BCUT2D eigenvalue weighted by molar-refractivity contribution is -0.118. The van der Waals surface area contributed by atoms with E-state index in [0.29, 0.717) is 37.0 Å². The SMILES string of the molecule is CC(C)(C)OC(=O)NCCCCC(NC(=O)OCc1ccccc1)C(=O)Nc1cccc2cccnc12. The summed E-state index contributed by atoms with van der Waals surface area (Å²) in [5.74, 6) is -0.380. The molecule has 37 heavy (non-hydrogen) atoms. The van der Waals surface area contributed by atoms with Crippen molar-refractivity contribution in [1.29, 1.82) is 0 Å². The summed E-state index contributed by atoms with van der Waals surface area (Å²) >= 11 is 0. The van der Waals surface area contributed by atoms with Crippen molar-refractivity contribution in [3.8, 4) is 0 Å². The van der Waals surface area contributed by atoms with Crippen molar-refractivity contribution in [2.45, 2.75) is 58.3 Å². The number of aromatic nitrogens is 1. The number of anilines is 1. The highest BCUT2D eigenvalue weighted by molar-refractivity contribution is 6.03. The van der Waals surface area contributed by atoms with Gasteiger partial charge >= 0.3 is 12.2 Å². The van der Waals surface area contributed by atoms with Gasteiger partial charge in [0.05, 0.1) is 11.2 Å². The molecule has 1 heterocycles. The minimum atomic E-state index is -0.844. The van der Waals surface area contributed by atoms with Gasteiger partial charge in [0.1, 0.15) is 18.2 Å². The number of alkyl carbamates (subject to hydrolysis) is 2. The van der Waals surface area contributed by atoms with Gasteiger partial charge < -0.3 is 25.4 Å². The molecule has 0 aliphatic rings. The van der Waals surface area contributed by atoms with E-state index < -0.39 is 23.8 Å². The third-order valence-electron chi connectivity index (χ3n) is 5.30. The highest BCUT2D eigenvalue weighted by Gasteiger charge is 2.22. The fourth-order valence-electron chi connectivity index (χ4n) is 3.58.